The van der Waals surface area contributed by atoms with Crippen LogP contribution in [0.15, 0.2) is 56.5 Å². The van der Waals surface area contributed by atoms with Gasteiger partial charge in [0.2, 0.25) is 17.7 Å². The SMILES string of the molecule is COc1ccc(-c2nnc(CSc3nnc(-c4cc(C)cc(C)c4)o3)o2)cc1. The third-order valence-electron chi connectivity index (χ3n) is 4.00. The van der Waals surface area contributed by atoms with E-state index in [0.29, 0.717) is 28.6 Å². The first-order valence-electron chi connectivity index (χ1n) is 8.62. The van der Waals surface area contributed by atoms with Gasteiger partial charge in [-0.05, 0) is 50.2 Å². The molecule has 28 heavy (non-hydrogen) atoms. The number of methoxy groups -OCH3 is 1. The maximum atomic E-state index is 5.76. The average Bonchev–Trinajstić information content (AvgIpc) is 3.35. The second-order valence-electron chi connectivity index (χ2n) is 6.27. The lowest BCUT2D eigenvalue weighted by Crippen LogP contribution is -1.82. The first-order valence-corrected chi connectivity index (χ1v) is 9.61. The first kappa shape index (κ1) is 18.2. The topological polar surface area (TPSA) is 87.1 Å². The summed E-state index contributed by atoms with van der Waals surface area (Å²) in [5.74, 6) is 2.66. The Morgan fingerprint density at radius 3 is 2.21 bits per heavy atom. The number of thioether (sulfide) groups is 1. The Balaban J connectivity index is 1.42. The number of benzene rings is 2. The molecule has 8 heteroatoms. The predicted molar refractivity (Wildman–Crippen MR) is 105 cm³/mol. The summed E-state index contributed by atoms with van der Waals surface area (Å²) in [4.78, 5) is 0. The van der Waals surface area contributed by atoms with E-state index in [1.54, 1.807) is 7.11 Å². The number of hydrogen-bond acceptors (Lipinski definition) is 8. The largest absolute Gasteiger partial charge is 0.497 e. The fourth-order valence-electron chi connectivity index (χ4n) is 2.77. The van der Waals surface area contributed by atoms with Crippen LogP contribution in [0.3, 0.4) is 0 Å². The van der Waals surface area contributed by atoms with Gasteiger partial charge in [-0.2, -0.15) is 0 Å². The van der Waals surface area contributed by atoms with Crippen LogP contribution < -0.4 is 4.74 Å². The van der Waals surface area contributed by atoms with Crippen molar-refractivity contribution in [3.8, 4) is 28.7 Å². The maximum Gasteiger partial charge on any atom is 0.277 e. The smallest absolute Gasteiger partial charge is 0.277 e. The molecule has 2 aromatic carbocycles. The van der Waals surface area contributed by atoms with Crippen LogP contribution in [-0.4, -0.2) is 27.5 Å². The predicted octanol–water partition coefficient (Wildman–Crippen LogP) is 4.70. The van der Waals surface area contributed by atoms with Gasteiger partial charge in [0.25, 0.3) is 5.22 Å². The highest BCUT2D eigenvalue weighted by molar-refractivity contribution is 7.98. The molecule has 7 nitrogen and oxygen atoms in total. The summed E-state index contributed by atoms with van der Waals surface area (Å²) >= 11 is 1.36. The number of aromatic nitrogens is 4. The van der Waals surface area contributed by atoms with E-state index in [9.17, 15) is 0 Å². The standard InChI is InChI=1S/C20H18N4O3S/c1-12-8-13(2)10-15(9-12)19-23-24-20(27-19)28-11-17-21-22-18(26-17)14-4-6-16(25-3)7-5-14/h4-10H,11H2,1-3H3. The minimum Gasteiger partial charge on any atom is -0.497 e. The zero-order valence-electron chi connectivity index (χ0n) is 15.7. The van der Waals surface area contributed by atoms with Crippen molar-refractivity contribution < 1.29 is 13.6 Å². The molecular weight excluding hydrogens is 376 g/mol. The van der Waals surface area contributed by atoms with Crippen LogP contribution in [0.4, 0.5) is 0 Å². The van der Waals surface area contributed by atoms with Gasteiger partial charge in [0.15, 0.2) is 0 Å². The lowest BCUT2D eigenvalue weighted by atomic mass is 10.1. The molecule has 0 aliphatic heterocycles. The third-order valence-corrected chi connectivity index (χ3v) is 4.80. The van der Waals surface area contributed by atoms with E-state index in [2.05, 4.69) is 26.5 Å². The maximum absolute atomic E-state index is 5.76. The Kier molecular flexibility index (Phi) is 5.12. The summed E-state index contributed by atoms with van der Waals surface area (Å²) in [5, 5.41) is 16.9. The van der Waals surface area contributed by atoms with Gasteiger partial charge in [-0.1, -0.05) is 29.0 Å². The van der Waals surface area contributed by atoms with E-state index < -0.39 is 0 Å². The van der Waals surface area contributed by atoms with Gasteiger partial charge in [-0.15, -0.1) is 20.4 Å². The van der Waals surface area contributed by atoms with Crippen LogP contribution in [0.1, 0.15) is 17.0 Å². The molecular formula is C20H18N4O3S. The van der Waals surface area contributed by atoms with Crippen LogP contribution in [0.25, 0.3) is 22.9 Å². The van der Waals surface area contributed by atoms with Crippen LogP contribution in [0, 0.1) is 13.8 Å². The lowest BCUT2D eigenvalue weighted by Gasteiger charge is -2.00. The van der Waals surface area contributed by atoms with E-state index in [-0.39, 0.29) is 0 Å². The van der Waals surface area contributed by atoms with Crippen molar-refractivity contribution in [2.75, 3.05) is 7.11 Å². The zero-order chi connectivity index (χ0) is 19.5. The van der Waals surface area contributed by atoms with E-state index >= 15 is 0 Å². The van der Waals surface area contributed by atoms with Crippen molar-refractivity contribution in [3.63, 3.8) is 0 Å². The van der Waals surface area contributed by atoms with Gasteiger partial charge in [0.05, 0.1) is 12.9 Å². The van der Waals surface area contributed by atoms with Gasteiger partial charge in [0, 0.05) is 11.1 Å². The third kappa shape index (κ3) is 4.07. The quantitative estimate of drug-likeness (QED) is 0.435. The lowest BCUT2D eigenvalue weighted by molar-refractivity contribution is 0.415. The molecule has 0 spiro atoms. The molecule has 0 aliphatic rings. The van der Waals surface area contributed by atoms with Crippen LogP contribution in [0.5, 0.6) is 5.75 Å². The molecule has 0 unspecified atom stereocenters. The van der Waals surface area contributed by atoms with Gasteiger partial charge < -0.3 is 13.6 Å². The Morgan fingerprint density at radius 2 is 1.50 bits per heavy atom. The van der Waals surface area contributed by atoms with Crippen molar-refractivity contribution in [3.05, 3.63) is 59.5 Å². The van der Waals surface area contributed by atoms with E-state index in [1.807, 2.05) is 50.2 Å². The Labute approximate surface area is 166 Å². The highest BCUT2D eigenvalue weighted by atomic mass is 32.2. The number of rotatable bonds is 6. The molecule has 0 saturated heterocycles. The summed E-state index contributed by atoms with van der Waals surface area (Å²) in [6, 6.07) is 13.6. The Hall–Kier alpha value is -3.13. The number of aryl methyl sites for hydroxylation is 2. The van der Waals surface area contributed by atoms with Crippen LogP contribution in [-0.2, 0) is 5.75 Å². The number of hydrogen-bond donors (Lipinski definition) is 0. The van der Waals surface area contributed by atoms with Crippen molar-refractivity contribution in [2.24, 2.45) is 0 Å². The number of nitrogens with zero attached hydrogens (tertiary/aromatic N) is 4. The normalized spacial score (nSPS) is 11.0. The summed E-state index contributed by atoms with van der Waals surface area (Å²) in [7, 11) is 1.63. The minimum absolute atomic E-state index is 0.442. The van der Waals surface area contributed by atoms with Crippen LogP contribution in [0.2, 0.25) is 0 Å². The van der Waals surface area contributed by atoms with Gasteiger partial charge >= 0.3 is 0 Å². The second kappa shape index (κ2) is 7.85. The highest BCUT2D eigenvalue weighted by Crippen LogP contribution is 2.28. The van der Waals surface area contributed by atoms with Gasteiger partial charge in [-0.25, -0.2) is 0 Å². The summed E-state index contributed by atoms with van der Waals surface area (Å²) in [6.07, 6.45) is 0. The minimum atomic E-state index is 0.442. The molecule has 2 aromatic heterocycles. The average molecular weight is 394 g/mol. The van der Waals surface area contributed by atoms with Gasteiger partial charge in [0.1, 0.15) is 5.75 Å². The molecule has 4 rings (SSSR count). The van der Waals surface area contributed by atoms with E-state index in [0.717, 1.165) is 28.0 Å². The monoisotopic (exact) mass is 394 g/mol. The molecule has 142 valence electrons. The van der Waals surface area contributed by atoms with Gasteiger partial charge in [-0.3, -0.25) is 0 Å². The summed E-state index contributed by atoms with van der Waals surface area (Å²) in [6.45, 7) is 4.08. The molecule has 0 bridgehead atoms. The van der Waals surface area contributed by atoms with Crippen LogP contribution >= 0.6 is 11.8 Å². The molecule has 0 aliphatic carbocycles. The zero-order valence-corrected chi connectivity index (χ0v) is 16.5. The Bertz CT molecular complexity index is 1070. The van der Waals surface area contributed by atoms with E-state index in [1.165, 1.54) is 11.8 Å². The summed E-state index contributed by atoms with van der Waals surface area (Å²) in [5.41, 5.74) is 4.05. The second-order valence-corrected chi connectivity index (χ2v) is 7.19. The molecule has 0 radical (unpaired) electrons. The Morgan fingerprint density at radius 1 is 0.821 bits per heavy atom. The molecule has 0 fully saturated rings. The molecule has 0 atom stereocenters. The molecule has 0 saturated carbocycles. The van der Waals surface area contributed by atoms with E-state index in [4.69, 9.17) is 13.6 Å². The van der Waals surface area contributed by atoms with Crippen molar-refractivity contribution in [1.29, 1.82) is 0 Å². The number of ether oxygens (including phenoxy) is 1. The molecule has 2 heterocycles. The first-order chi connectivity index (χ1) is 13.6. The summed E-state index contributed by atoms with van der Waals surface area (Å²) < 4.78 is 16.6. The fraction of sp³-hybridized carbons (Fsp3) is 0.200. The van der Waals surface area contributed by atoms with Crippen molar-refractivity contribution >= 4 is 11.8 Å². The van der Waals surface area contributed by atoms with Crippen molar-refractivity contribution in [2.45, 2.75) is 24.8 Å². The molecule has 0 amide bonds. The molecule has 4 aromatic rings. The fourth-order valence-corrected chi connectivity index (χ4v) is 3.37. The highest BCUT2D eigenvalue weighted by Gasteiger charge is 2.13. The molecule has 0 N–H and O–H groups in total. The van der Waals surface area contributed by atoms with Crippen molar-refractivity contribution in [1.82, 2.24) is 20.4 Å².